The number of nitrogens with zero attached hydrogens (tertiary/aromatic N) is 2. The van der Waals surface area contributed by atoms with E-state index in [1.807, 2.05) is 26.0 Å². The van der Waals surface area contributed by atoms with E-state index in [0.717, 1.165) is 5.56 Å². The zero-order valence-corrected chi connectivity index (χ0v) is 19.9. The van der Waals surface area contributed by atoms with Gasteiger partial charge < -0.3 is 0 Å². The lowest BCUT2D eigenvalue weighted by Crippen LogP contribution is -2.46. The molecule has 9 heteroatoms. The van der Waals surface area contributed by atoms with Crippen LogP contribution in [-0.4, -0.2) is 30.0 Å². The maximum absolute atomic E-state index is 14.4. The van der Waals surface area contributed by atoms with Crippen molar-refractivity contribution >= 4 is 10.0 Å². The van der Waals surface area contributed by atoms with Crippen molar-refractivity contribution in [3.05, 3.63) is 87.9 Å². The third kappa shape index (κ3) is 4.95. The highest BCUT2D eigenvalue weighted by molar-refractivity contribution is 7.89. The molecule has 0 unspecified atom stereocenters. The molecule has 1 N–H and O–H groups in total. The van der Waals surface area contributed by atoms with Gasteiger partial charge >= 0.3 is 0 Å². The zero-order valence-electron chi connectivity index (χ0n) is 19.0. The number of aryl methyl sites for hydroxylation is 1. The molecule has 1 aliphatic rings. The van der Waals surface area contributed by atoms with E-state index in [4.69, 9.17) is 0 Å². The minimum absolute atomic E-state index is 0.127. The summed E-state index contributed by atoms with van der Waals surface area (Å²) >= 11 is 0. The highest BCUT2D eigenvalue weighted by Gasteiger charge is 2.36. The van der Waals surface area contributed by atoms with Gasteiger partial charge in [-0.15, -0.1) is 0 Å². The molecule has 0 bridgehead atoms. The molecule has 0 amide bonds. The Bertz CT molecular complexity index is 1360. The van der Waals surface area contributed by atoms with Gasteiger partial charge in [0.2, 0.25) is 16.0 Å². The second-order valence-corrected chi connectivity index (χ2v) is 10.6. The minimum Gasteiger partial charge on any atom is -0.296 e. The van der Waals surface area contributed by atoms with E-state index in [9.17, 15) is 22.0 Å². The van der Waals surface area contributed by atoms with Crippen LogP contribution in [0.5, 0.6) is 0 Å². The van der Waals surface area contributed by atoms with Crippen LogP contribution in [0.3, 0.4) is 0 Å². The Morgan fingerprint density at radius 3 is 2.65 bits per heavy atom. The quantitative estimate of drug-likeness (QED) is 0.544. The SMILES string of the molecule is CC(C)n1cnc2c(c1=O)[C@@H](Cc1cccc(-c3ccccc3F)c1)[C@@H](NS(=O)(=O)CF)CC2. The van der Waals surface area contributed by atoms with Gasteiger partial charge in [-0.3, -0.25) is 9.36 Å². The largest absolute Gasteiger partial charge is 0.296 e. The maximum atomic E-state index is 14.4. The predicted octanol–water partition coefficient (Wildman–Crippen LogP) is 4.12. The molecule has 0 radical (unpaired) electrons. The fraction of sp³-hybridized carbons (Fsp3) is 0.360. The smallest absolute Gasteiger partial charge is 0.257 e. The lowest BCUT2D eigenvalue weighted by Gasteiger charge is -2.33. The summed E-state index contributed by atoms with van der Waals surface area (Å²) in [4.78, 5) is 17.9. The highest BCUT2D eigenvalue weighted by atomic mass is 32.2. The Balaban J connectivity index is 1.79. The van der Waals surface area contributed by atoms with Crippen LogP contribution in [-0.2, 0) is 22.9 Å². The number of hydrogen-bond donors (Lipinski definition) is 1. The van der Waals surface area contributed by atoms with E-state index >= 15 is 0 Å². The first-order valence-electron chi connectivity index (χ1n) is 11.2. The summed E-state index contributed by atoms with van der Waals surface area (Å²) in [5.41, 5.74) is 2.80. The monoisotopic (exact) mass is 487 g/mol. The standard InChI is InChI=1S/C25H27F2N3O3S/c1-16(2)30-15-28-23-11-10-22(29-34(32,33)14-26)20(24(23)25(30)31)13-17-6-5-7-18(12-17)19-8-3-4-9-21(19)27/h3-9,12,15-16,20,22,29H,10-11,13-14H2,1-2H3/t20-,22-/m0/s1. The van der Waals surface area contributed by atoms with Gasteiger partial charge in [0, 0.05) is 29.1 Å². The van der Waals surface area contributed by atoms with E-state index in [1.54, 1.807) is 30.3 Å². The molecule has 0 saturated carbocycles. The number of alkyl halides is 1. The second-order valence-electron chi connectivity index (χ2n) is 8.89. The highest BCUT2D eigenvalue weighted by Crippen LogP contribution is 2.33. The van der Waals surface area contributed by atoms with Gasteiger partial charge in [0.25, 0.3) is 5.56 Å². The Labute approximate surface area is 197 Å². The number of rotatable bonds is 7. The van der Waals surface area contributed by atoms with Crippen LogP contribution in [0.1, 0.15) is 49.0 Å². The first-order valence-corrected chi connectivity index (χ1v) is 12.8. The van der Waals surface area contributed by atoms with Crippen LogP contribution < -0.4 is 10.3 Å². The van der Waals surface area contributed by atoms with Gasteiger partial charge in [-0.05, 0) is 50.3 Å². The van der Waals surface area contributed by atoms with Crippen LogP contribution in [0, 0.1) is 5.82 Å². The number of halogens is 2. The zero-order chi connectivity index (χ0) is 24.5. The molecule has 1 heterocycles. The number of hydrogen-bond acceptors (Lipinski definition) is 4. The third-order valence-electron chi connectivity index (χ3n) is 6.26. The van der Waals surface area contributed by atoms with Gasteiger partial charge in [-0.1, -0.05) is 42.5 Å². The van der Waals surface area contributed by atoms with Crippen LogP contribution in [0.2, 0.25) is 0 Å². The van der Waals surface area contributed by atoms with Crippen molar-refractivity contribution in [1.82, 2.24) is 14.3 Å². The first kappa shape index (κ1) is 24.2. The molecule has 180 valence electrons. The Morgan fingerprint density at radius 2 is 1.94 bits per heavy atom. The van der Waals surface area contributed by atoms with Crippen LogP contribution in [0.15, 0.2) is 59.7 Å². The second kappa shape index (κ2) is 9.76. The lowest BCUT2D eigenvalue weighted by atomic mass is 9.78. The van der Waals surface area contributed by atoms with E-state index in [-0.39, 0.29) is 17.4 Å². The molecule has 0 saturated heterocycles. The molecule has 0 spiro atoms. The van der Waals surface area contributed by atoms with Crippen LogP contribution in [0.4, 0.5) is 8.78 Å². The summed E-state index contributed by atoms with van der Waals surface area (Å²) in [6.07, 6.45) is 2.64. The van der Waals surface area contributed by atoms with Crippen molar-refractivity contribution in [3.8, 4) is 11.1 Å². The van der Waals surface area contributed by atoms with E-state index < -0.39 is 28.0 Å². The summed E-state index contributed by atoms with van der Waals surface area (Å²) in [7, 11) is -4.14. The topological polar surface area (TPSA) is 81.1 Å². The Kier molecular flexibility index (Phi) is 6.95. The van der Waals surface area contributed by atoms with Crippen LogP contribution >= 0.6 is 0 Å². The first-order chi connectivity index (χ1) is 16.2. The van der Waals surface area contributed by atoms with Gasteiger partial charge in [0.15, 0.2) is 0 Å². The van der Waals surface area contributed by atoms with Crippen molar-refractivity contribution in [2.75, 3.05) is 6.01 Å². The molecule has 2 atom stereocenters. The number of nitrogens with one attached hydrogen (secondary N) is 1. The molecule has 2 aromatic carbocycles. The molecular formula is C25H27F2N3O3S. The molecule has 0 fully saturated rings. The van der Waals surface area contributed by atoms with Crippen LogP contribution in [0.25, 0.3) is 11.1 Å². The molecule has 34 heavy (non-hydrogen) atoms. The summed E-state index contributed by atoms with van der Waals surface area (Å²) in [5, 5.41) is 0. The Hall–Kier alpha value is -2.91. The van der Waals surface area contributed by atoms with Gasteiger partial charge in [0.1, 0.15) is 5.82 Å². The normalized spacial score (nSPS) is 18.1. The Morgan fingerprint density at radius 1 is 1.18 bits per heavy atom. The summed E-state index contributed by atoms with van der Waals surface area (Å²) in [6.45, 7) is 3.74. The summed E-state index contributed by atoms with van der Waals surface area (Å²) in [5.74, 6) is -0.896. The average Bonchev–Trinajstić information content (AvgIpc) is 2.81. The lowest BCUT2D eigenvalue weighted by molar-refractivity contribution is 0.407. The number of fused-ring (bicyclic) bond motifs is 1. The summed E-state index contributed by atoms with van der Waals surface area (Å²) < 4.78 is 55.6. The fourth-order valence-corrected chi connectivity index (χ4v) is 5.42. The molecule has 6 nitrogen and oxygen atoms in total. The average molecular weight is 488 g/mol. The van der Waals surface area contributed by atoms with E-state index in [1.165, 1.54) is 17.0 Å². The fourth-order valence-electron chi connectivity index (χ4n) is 4.61. The molecule has 1 aromatic heterocycles. The summed E-state index contributed by atoms with van der Waals surface area (Å²) in [6, 6.07) is 11.4. The maximum Gasteiger partial charge on any atom is 0.257 e. The number of benzene rings is 2. The molecule has 3 aromatic rings. The van der Waals surface area contributed by atoms with Crippen molar-refractivity contribution in [2.45, 2.75) is 51.1 Å². The van der Waals surface area contributed by atoms with Crippen molar-refractivity contribution in [2.24, 2.45) is 0 Å². The minimum atomic E-state index is -4.14. The van der Waals surface area contributed by atoms with Crippen molar-refractivity contribution < 1.29 is 17.2 Å². The number of sulfonamides is 1. The van der Waals surface area contributed by atoms with E-state index in [2.05, 4.69) is 9.71 Å². The van der Waals surface area contributed by atoms with Gasteiger partial charge in [-0.2, -0.15) is 0 Å². The predicted molar refractivity (Wildman–Crippen MR) is 127 cm³/mol. The van der Waals surface area contributed by atoms with Crippen molar-refractivity contribution in [1.29, 1.82) is 0 Å². The molecule has 4 rings (SSSR count). The van der Waals surface area contributed by atoms with Crippen molar-refractivity contribution in [3.63, 3.8) is 0 Å². The number of aromatic nitrogens is 2. The third-order valence-corrected chi connectivity index (χ3v) is 7.21. The molecule has 1 aliphatic carbocycles. The van der Waals surface area contributed by atoms with Gasteiger partial charge in [-0.25, -0.2) is 26.9 Å². The molecule has 0 aliphatic heterocycles. The molecular weight excluding hydrogens is 460 g/mol. The van der Waals surface area contributed by atoms with E-state index in [0.29, 0.717) is 41.6 Å². The van der Waals surface area contributed by atoms with Gasteiger partial charge in [0.05, 0.1) is 12.0 Å².